The number of hydrogen-bond donors (Lipinski definition) is 2. The van der Waals surface area contributed by atoms with Crippen molar-refractivity contribution in [3.63, 3.8) is 0 Å². The van der Waals surface area contributed by atoms with E-state index in [1.165, 1.54) is 5.56 Å². The molecule has 0 unspecified atom stereocenters. The molecule has 0 aromatic heterocycles. The van der Waals surface area contributed by atoms with E-state index in [9.17, 15) is 9.59 Å². The Labute approximate surface area is 162 Å². The van der Waals surface area contributed by atoms with E-state index in [-0.39, 0.29) is 24.9 Å². The van der Waals surface area contributed by atoms with Gasteiger partial charge in [0, 0.05) is 25.7 Å². The van der Waals surface area contributed by atoms with Gasteiger partial charge < -0.3 is 10.4 Å². The van der Waals surface area contributed by atoms with Crippen LogP contribution in [0.2, 0.25) is 0 Å². The van der Waals surface area contributed by atoms with Crippen LogP contribution in [-0.2, 0) is 16.1 Å². The number of aliphatic carboxylic acids is 1. The third-order valence-electron chi connectivity index (χ3n) is 4.92. The number of nitrogens with zero attached hydrogens (tertiary/aromatic N) is 2. The average Bonchev–Trinajstić information content (AvgIpc) is 2.59. The number of aryl methyl sites for hydroxylation is 1. The minimum Gasteiger partial charge on any atom is -0.480 e. The normalized spacial score (nSPS) is 15.5. The second-order valence-corrected chi connectivity index (χ2v) is 6.67. The van der Waals surface area contributed by atoms with E-state index in [4.69, 9.17) is 5.11 Å². The lowest BCUT2D eigenvalue weighted by atomic mass is 10.0. The summed E-state index contributed by atoms with van der Waals surface area (Å²) in [6.07, 6.45) is 1.82. The third kappa shape index (κ3) is 6.94. The number of halogens is 1. The zero-order valence-electron chi connectivity index (χ0n) is 15.6. The van der Waals surface area contributed by atoms with Gasteiger partial charge in [-0.05, 0) is 37.4 Å². The van der Waals surface area contributed by atoms with Crippen molar-refractivity contribution in [2.75, 3.05) is 32.7 Å². The number of benzene rings is 1. The number of likely N-dealkylation sites (N-methyl/N-ethyl adjacent to an activating group) is 1. The van der Waals surface area contributed by atoms with E-state index >= 15 is 0 Å². The van der Waals surface area contributed by atoms with Crippen LogP contribution in [0.5, 0.6) is 0 Å². The molecule has 1 aromatic rings. The van der Waals surface area contributed by atoms with Gasteiger partial charge in [0.05, 0.1) is 13.1 Å². The first-order valence-electron chi connectivity index (χ1n) is 8.99. The SMILES string of the molecule is CCN(CC(=O)O)C1CCN(CC(=O)NCc2ccccc2C)CC1.Cl. The number of likely N-dealkylation sites (tertiary alicyclic amines) is 1. The Morgan fingerprint density at radius 2 is 1.92 bits per heavy atom. The Bertz CT molecular complexity index is 589. The van der Waals surface area contributed by atoms with Gasteiger partial charge in [0.15, 0.2) is 0 Å². The van der Waals surface area contributed by atoms with Crippen LogP contribution in [0.1, 0.15) is 30.9 Å². The number of amides is 1. The van der Waals surface area contributed by atoms with Gasteiger partial charge in [-0.25, -0.2) is 0 Å². The fourth-order valence-electron chi connectivity index (χ4n) is 3.38. The summed E-state index contributed by atoms with van der Waals surface area (Å²) in [5.41, 5.74) is 2.32. The predicted octanol–water partition coefficient (Wildman–Crippen LogP) is 1.90. The van der Waals surface area contributed by atoms with Crippen molar-refractivity contribution >= 4 is 24.3 Å². The zero-order chi connectivity index (χ0) is 18.2. The molecule has 0 atom stereocenters. The number of carboxylic acids is 1. The van der Waals surface area contributed by atoms with E-state index in [1.807, 2.05) is 43.0 Å². The number of piperidine rings is 1. The summed E-state index contributed by atoms with van der Waals surface area (Å²) < 4.78 is 0. The molecule has 0 spiro atoms. The largest absolute Gasteiger partial charge is 0.480 e. The highest BCUT2D eigenvalue weighted by atomic mass is 35.5. The molecule has 0 aliphatic carbocycles. The quantitative estimate of drug-likeness (QED) is 0.717. The summed E-state index contributed by atoms with van der Waals surface area (Å²) in [6.45, 7) is 7.51. The first kappa shape index (κ1) is 22.4. The Morgan fingerprint density at radius 3 is 2.50 bits per heavy atom. The summed E-state index contributed by atoms with van der Waals surface area (Å²) in [7, 11) is 0. The van der Waals surface area contributed by atoms with Crippen molar-refractivity contribution in [1.82, 2.24) is 15.1 Å². The first-order chi connectivity index (χ1) is 12.0. The monoisotopic (exact) mass is 383 g/mol. The first-order valence-corrected chi connectivity index (χ1v) is 8.99. The summed E-state index contributed by atoms with van der Waals surface area (Å²) >= 11 is 0. The summed E-state index contributed by atoms with van der Waals surface area (Å²) in [5.74, 6) is -0.737. The van der Waals surface area contributed by atoms with Crippen LogP contribution in [0.15, 0.2) is 24.3 Å². The van der Waals surface area contributed by atoms with Gasteiger partial charge in [0.1, 0.15) is 0 Å². The van der Waals surface area contributed by atoms with Crippen molar-refractivity contribution in [2.45, 2.75) is 39.3 Å². The van der Waals surface area contributed by atoms with Gasteiger partial charge in [-0.1, -0.05) is 31.2 Å². The minimum absolute atomic E-state index is 0. The highest BCUT2D eigenvalue weighted by Crippen LogP contribution is 2.16. The second kappa shape index (κ2) is 11.2. The molecule has 1 aliphatic heterocycles. The summed E-state index contributed by atoms with van der Waals surface area (Å²) in [6, 6.07) is 8.35. The molecule has 1 amide bonds. The van der Waals surface area contributed by atoms with Crippen LogP contribution in [0.4, 0.5) is 0 Å². The van der Waals surface area contributed by atoms with Crippen molar-refractivity contribution in [2.24, 2.45) is 0 Å². The maximum absolute atomic E-state index is 12.2. The smallest absolute Gasteiger partial charge is 0.317 e. The van der Waals surface area contributed by atoms with Crippen LogP contribution in [-0.4, -0.2) is 65.5 Å². The van der Waals surface area contributed by atoms with Crippen molar-refractivity contribution in [1.29, 1.82) is 0 Å². The van der Waals surface area contributed by atoms with E-state index < -0.39 is 5.97 Å². The topological polar surface area (TPSA) is 72.9 Å². The zero-order valence-corrected chi connectivity index (χ0v) is 16.4. The van der Waals surface area contributed by atoms with E-state index in [2.05, 4.69) is 10.2 Å². The molecule has 1 heterocycles. The Morgan fingerprint density at radius 1 is 1.27 bits per heavy atom. The molecule has 0 saturated carbocycles. The van der Waals surface area contributed by atoms with Crippen LogP contribution >= 0.6 is 12.4 Å². The highest BCUT2D eigenvalue weighted by Gasteiger charge is 2.25. The lowest BCUT2D eigenvalue weighted by Crippen LogP contribution is -2.48. The van der Waals surface area contributed by atoms with E-state index in [0.29, 0.717) is 19.1 Å². The van der Waals surface area contributed by atoms with Crippen molar-refractivity contribution in [3.8, 4) is 0 Å². The molecule has 2 rings (SSSR count). The molecule has 2 N–H and O–H groups in total. The molecule has 146 valence electrons. The molecule has 7 heteroatoms. The van der Waals surface area contributed by atoms with Gasteiger partial charge in [0.25, 0.3) is 0 Å². The number of hydrogen-bond acceptors (Lipinski definition) is 4. The van der Waals surface area contributed by atoms with Gasteiger partial charge in [-0.2, -0.15) is 0 Å². The maximum Gasteiger partial charge on any atom is 0.317 e. The number of carbonyl (C=O) groups excluding carboxylic acids is 1. The summed E-state index contributed by atoms with van der Waals surface area (Å²) in [5, 5.41) is 12.0. The van der Waals surface area contributed by atoms with Crippen molar-refractivity contribution in [3.05, 3.63) is 35.4 Å². The Hall–Kier alpha value is -1.63. The Balaban J connectivity index is 0.00000338. The fraction of sp³-hybridized carbons (Fsp3) is 0.579. The number of rotatable bonds is 8. The lowest BCUT2D eigenvalue weighted by molar-refractivity contribution is -0.139. The van der Waals surface area contributed by atoms with Crippen LogP contribution < -0.4 is 5.32 Å². The number of carbonyl (C=O) groups is 2. The molecule has 0 bridgehead atoms. The van der Waals surface area contributed by atoms with Gasteiger partial charge >= 0.3 is 5.97 Å². The minimum atomic E-state index is -0.778. The average molecular weight is 384 g/mol. The van der Waals surface area contributed by atoms with Gasteiger partial charge in [-0.3, -0.25) is 19.4 Å². The molecule has 1 aromatic carbocycles. The van der Waals surface area contributed by atoms with Crippen LogP contribution in [0.25, 0.3) is 0 Å². The second-order valence-electron chi connectivity index (χ2n) is 6.67. The fourth-order valence-corrected chi connectivity index (χ4v) is 3.38. The molecule has 1 saturated heterocycles. The standard InChI is InChI=1S/C19H29N3O3.ClH/c1-3-22(14-19(24)25)17-8-10-21(11-9-17)13-18(23)20-12-16-7-5-4-6-15(16)2;/h4-7,17H,3,8-14H2,1-2H3,(H,20,23)(H,24,25);1H. The molecule has 1 fully saturated rings. The van der Waals surface area contributed by atoms with Crippen molar-refractivity contribution < 1.29 is 14.7 Å². The molecule has 26 heavy (non-hydrogen) atoms. The van der Waals surface area contributed by atoms with Crippen LogP contribution in [0, 0.1) is 6.92 Å². The molecular formula is C19H30ClN3O3. The molecule has 0 radical (unpaired) electrons. The Kier molecular flexibility index (Phi) is 9.62. The maximum atomic E-state index is 12.2. The van der Waals surface area contributed by atoms with Gasteiger partial charge in [-0.15, -0.1) is 12.4 Å². The lowest BCUT2D eigenvalue weighted by Gasteiger charge is -2.37. The molecule has 6 nitrogen and oxygen atoms in total. The van der Waals surface area contributed by atoms with E-state index in [0.717, 1.165) is 38.0 Å². The molecular weight excluding hydrogens is 354 g/mol. The van der Waals surface area contributed by atoms with Crippen LogP contribution in [0.3, 0.4) is 0 Å². The molecule has 1 aliphatic rings. The predicted molar refractivity (Wildman–Crippen MR) is 105 cm³/mol. The third-order valence-corrected chi connectivity index (χ3v) is 4.92. The van der Waals surface area contributed by atoms with Gasteiger partial charge in [0.2, 0.25) is 5.91 Å². The highest BCUT2D eigenvalue weighted by molar-refractivity contribution is 5.85. The number of nitrogens with one attached hydrogen (secondary N) is 1. The summed E-state index contributed by atoms with van der Waals surface area (Å²) in [4.78, 5) is 27.3. The number of carboxylic acid groups (broad SMARTS) is 1. The van der Waals surface area contributed by atoms with E-state index in [1.54, 1.807) is 0 Å².